The third-order valence-electron chi connectivity index (χ3n) is 3.13. The minimum absolute atomic E-state index is 0.453. The smallest absolute Gasteiger partial charge is 0.136 e. The molecule has 1 saturated heterocycles. The number of hydrogen-bond donors (Lipinski definition) is 2. The van der Waals surface area contributed by atoms with Gasteiger partial charge >= 0.3 is 0 Å². The number of hydrogen-bond acceptors (Lipinski definition) is 5. The number of methoxy groups -OCH3 is 1. The van der Waals surface area contributed by atoms with E-state index >= 15 is 0 Å². The third kappa shape index (κ3) is 2.62. The maximum absolute atomic E-state index is 9.47. The van der Waals surface area contributed by atoms with Crippen LogP contribution in [0.2, 0.25) is 0 Å². The van der Waals surface area contributed by atoms with Crippen LogP contribution in [0, 0.1) is 11.3 Å². The van der Waals surface area contributed by atoms with Crippen LogP contribution in [0.1, 0.15) is 11.1 Å². The zero-order chi connectivity index (χ0) is 13.1. The normalized spacial score (nSPS) is 23.9. The Morgan fingerprint density at radius 2 is 2.06 bits per heavy atom. The lowest BCUT2D eigenvalue weighted by Crippen LogP contribution is -2.22. The van der Waals surface area contributed by atoms with E-state index in [2.05, 4.69) is 6.07 Å². The Bertz CT molecular complexity index is 460. The molecule has 2 rings (SSSR count). The van der Waals surface area contributed by atoms with E-state index in [4.69, 9.17) is 10.00 Å². The summed E-state index contributed by atoms with van der Waals surface area (Å²) in [7, 11) is 1.53. The van der Waals surface area contributed by atoms with Crippen LogP contribution < -0.4 is 4.74 Å². The Kier molecular flexibility index (Phi) is 3.82. The summed E-state index contributed by atoms with van der Waals surface area (Å²) in [5.74, 6) is 0.558. The minimum Gasteiger partial charge on any atom is -0.495 e. The molecular formula is C13H16N2O3. The molecule has 1 aromatic carbocycles. The van der Waals surface area contributed by atoms with Gasteiger partial charge in [-0.15, -0.1) is 0 Å². The van der Waals surface area contributed by atoms with Crippen molar-refractivity contribution in [2.75, 3.05) is 20.2 Å². The van der Waals surface area contributed by atoms with Crippen molar-refractivity contribution < 1.29 is 14.9 Å². The average Bonchev–Trinajstić information content (AvgIpc) is 2.68. The molecule has 18 heavy (non-hydrogen) atoms. The summed E-state index contributed by atoms with van der Waals surface area (Å²) in [6.45, 7) is 1.51. The van der Waals surface area contributed by atoms with Crippen molar-refractivity contribution in [3.63, 3.8) is 0 Å². The molecule has 0 spiro atoms. The molecule has 1 fully saturated rings. The summed E-state index contributed by atoms with van der Waals surface area (Å²) in [5, 5.41) is 27.9. The monoisotopic (exact) mass is 248 g/mol. The lowest BCUT2D eigenvalue weighted by molar-refractivity contribution is 0.0572. The molecule has 0 radical (unpaired) electrons. The van der Waals surface area contributed by atoms with Gasteiger partial charge in [-0.1, -0.05) is 6.07 Å². The molecule has 5 heteroatoms. The van der Waals surface area contributed by atoms with Gasteiger partial charge in [0.15, 0.2) is 0 Å². The number of nitriles is 1. The quantitative estimate of drug-likeness (QED) is 0.793. The molecule has 1 aliphatic rings. The van der Waals surface area contributed by atoms with Crippen molar-refractivity contribution >= 4 is 0 Å². The Morgan fingerprint density at radius 3 is 2.61 bits per heavy atom. The molecule has 1 aromatic rings. The van der Waals surface area contributed by atoms with E-state index in [9.17, 15) is 10.2 Å². The van der Waals surface area contributed by atoms with Crippen LogP contribution in [-0.4, -0.2) is 47.5 Å². The van der Waals surface area contributed by atoms with Gasteiger partial charge in [0, 0.05) is 19.6 Å². The van der Waals surface area contributed by atoms with E-state index < -0.39 is 12.2 Å². The first-order chi connectivity index (χ1) is 8.63. The standard InChI is InChI=1S/C13H16N2O3/c1-18-13-3-2-9(4-10(13)5-14)6-15-7-11(16)12(17)8-15/h2-4,11-12,16-17H,6-8H2,1H3. The highest BCUT2D eigenvalue weighted by Gasteiger charge is 2.29. The maximum atomic E-state index is 9.47. The molecular weight excluding hydrogens is 232 g/mol. The fraction of sp³-hybridized carbons (Fsp3) is 0.462. The van der Waals surface area contributed by atoms with Crippen molar-refractivity contribution in [2.45, 2.75) is 18.8 Å². The second kappa shape index (κ2) is 5.36. The van der Waals surface area contributed by atoms with Crippen LogP contribution in [-0.2, 0) is 6.54 Å². The van der Waals surface area contributed by atoms with Gasteiger partial charge in [-0.3, -0.25) is 4.90 Å². The third-order valence-corrected chi connectivity index (χ3v) is 3.13. The van der Waals surface area contributed by atoms with Crippen molar-refractivity contribution in [3.8, 4) is 11.8 Å². The van der Waals surface area contributed by atoms with Crippen molar-refractivity contribution in [1.82, 2.24) is 4.90 Å². The Balaban J connectivity index is 2.09. The summed E-state index contributed by atoms with van der Waals surface area (Å²) < 4.78 is 5.08. The number of aliphatic hydroxyl groups is 2. The minimum atomic E-state index is -0.682. The molecule has 1 heterocycles. The number of ether oxygens (including phenoxy) is 1. The fourth-order valence-electron chi connectivity index (χ4n) is 2.18. The van der Waals surface area contributed by atoms with E-state index in [1.165, 1.54) is 7.11 Å². The number of likely N-dealkylation sites (tertiary alicyclic amines) is 1. The predicted octanol–water partition coefficient (Wildman–Crippen LogP) is 0.104. The molecule has 2 N–H and O–H groups in total. The van der Waals surface area contributed by atoms with Gasteiger partial charge in [-0.2, -0.15) is 5.26 Å². The Labute approximate surface area is 106 Å². The lowest BCUT2D eigenvalue weighted by Gasteiger charge is -2.15. The van der Waals surface area contributed by atoms with Crippen molar-refractivity contribution in [3.05, 3.63) is 29.3 Å². The van der Waals surface area contributed by atoms with Gasteiger partial charge in [-0.25, -0.2) is 0 Å². The first-order valence-corrected chi connectivity index (χ1v) is 5.79. The van der Waals surface area contributed by atoms with Gasteiger partial charge in [0.25, 0.3) is 0 Å². The topological polar surface area (TPSA) is 76.7 Å². The summed E-state index contributed by atoms with van der Waals surface area (Å²) >= 11 is 0. The second-order valence-corrected chi connectivity index (χ2v) is 4.48. The van der Waals surface area contributed by atoms with Gasteiger partial charge in [0.05, 0.1) is 24.9 Å². The van der Waals surface area contributed by atoms with E-state index in [-0.39, 0.29) is 0 Å². The van der Waals surface area contributed by atoms with Gasteiger partial charge < -0.3 is 14.9 Å². The second-order valence-electron chi connectivity index (χ2n) is 4.48. The number of nitrogens with zero attached hydrogens (tertiary/aromatic N) is 2. The highest BCUT2D eigenvalue weighted by molar-refractivity contribution is 5.45. The summed E-state index contributed by atoms with van der Waals surface area (Å²) in [5.41, 5.74) is 1.46. The van der Waals surface area contributed by atoms with E-state index in [1.54, 1.807) is 12.1 Å². The van der Waals surface area contributed by atoms with Gasteiger partial charge in [-0.05, 0) is 17.7 Å². The Hall–Kier alpha value is -1.61. The van der Waals surface area contributed by atoms with Crippen molar-refractivity contribution in [2.24, 2.45) is 0 Å². The lowest BCUT2D eigenvalue weighted by atomic mass is 10.1. The van der Waals surface area contributed by atoms with Gasteiger partial charge in [0.1, 0.15) is 11.8 Å². The highest BCUT2D eigenvalue weighted by atomic mass is 16.5. The van der Waals surface area contributed by atoms with Crippen molar-refractivity contribution in [1.29, 1.82) is 5.26 Å². The molecule has 2 atom stereocenters. The largest absolute Gasteiger partial charge is 0.495 e. The number of β-amino-alcohol motifs (C(OH)–C–C–N with tert-alkyl or cyclic N) is 2. The fourth-order valence-corrected chi connectivity index (χ4v) is 2.18. The predicted molar refractivity (Wildman–Crippen MR) is 65.0 cm³/mol. The maximum Gasteiger partial charge on any atom is 0.136 e. The molecule has 2 unspecified atom stereocenters. The van der Waals surface area contributed by atoms with Crippen LogP contribution >= 0.6 is 0 Å². The van der Waals surface area contributed by atoms with Crippen LogP contribution in [0.5, 0.6) is 5.75 Å². The molecule has 0 aliphatic carbocycles. The Morgan fingerprint density at radius 1 is 1.39 bits per heavy atom. The van der Waals surface area contributed by atoms with E-state index in [0.717, 1.165) is 5.56 Å². The van der Waals surface area contributed by atoms with Crippen LogP contribution in [0.25, 0.3) is 0 Å². The summed E-state index contributed by atoms with van der Waals surface area (Å²) in [4.78, 5) is 1.96. The van der Waals surface area contributed by atoms with Crippen LogP contribution in [0.15, 0.2) is 18.2 Å². The van der Waals surface area contributed by atoms with Gasteiger partial charge in [0.2, 0.25) is 0 Å². The zero-order valence-electron chi connectivity index (χ0n) is 10.2. The SMILES string of the molecule is COc1ccc(CN2CC(O)C(O)C2)cc1C#N. The summed E-state index contributed by atoms with van der Waals surface area (Å²) in [6, 6.07) is 7.51. The molecule has 1 aliphatic heterocycles. The average molecular weight is 248 g/mol. The molecule has 0 amide bonds. The molecule has 0 bridgehead atoms. The molecule has 0 aromatic heterocycles. The van der Waals surface area contributed by atoms with E-state index in [0.29, 0.717) is 30.9 Å². The molecule has 5 nitrogen and oxygen atoms in total. The summed E-state index contributed by atoms with van der Waals surface area (Å²) in [6.07, 6.45) is -1.36. The highest BCUT2D eigenvalue weighted by Crippen LogP contribution is 2.21. The van der Waals surface area contributed by atoms with Crippen LogP contribution in [0.4, 0.5) is 0 Å². The van der Waals surface area contributed by atoms with Crippen LogP contribution in [0.3, 0.4) is 0 Å². The molecule has 96 valence electrons. The molecule has 0 saturated carbocycles. The number of rotatable bonds is 3. The first kappa shape index (κ1) is 12.8. The number of aliphatic hydroxyl groups excluding tert-OH is 2. The number of benzene rings is 1. The zero-order valence-corrected chi connectivity index (χ0v) is 10.2. The first-order valence-electron chi connectivity index (χ1n) is 5.79. The van der Waals surface area contributed by atoms with E-state index in [1.807, 2.05) is 11.0 Å².